The van der Waals surface area contributed by atoms with Crippen molar-refractivity contribution in [2.45, 2.75) is 69.4 Å². The predicted octanol–water partition coefficient (Wildman–Crippen LogP) is 2.25. The van der Waals surface area contributed by atoms with Crippen LogP contribution >= 0.6 is 0 Å². The number of rotatable bonds is 5. The van der Waals surface area contributed by atoms with Crippen LogP contribution in [0.15, 0.2) is 0 Å². The van der Waals surface area contributed by atoms with Gasteiger partial charge < -0.3 is 15.2 Å². The lowest BCUT2D eigenvalue weighted by Crippen LogP contribution is -2.40. The fourth-order valence-corrected chi connectivity index (χ4v) is 3.16. The van der Waals surface area contributed by atoms with Crippen molar-refractivity contribution in [3.05, 3.63) is 0 Å². The van der Waals surface area contributed by atoms with Gasteiger partial charge in [-0.25, -0.2) is 0 Å². The Morgan fingerprint density at radius 3 is 2.50 bits per heavy atom. The van der Waals surface area contributed by atoms with Gasteiger partial charge in [0.05, 0.1) is 12.0 Å². The fraction of sp³-hybridized carbons (Fsp3) is 0.857. The smallest absolute Gasteiger partial charge is 0.414 e. The lowest BCUT2D eigenvalue weighted by Gasteiger charge is -2.19. The summed E-state index contributed by atoms with van der Waals surface area (Å²) in [5, 5.41) is 11.7. The van der Waals surface area contributed by atoms with Crippen LogP contribution in [0.3, 0.4) is 0 Å². The predicted molar refractivity (Wildman–Crippen MR) is 70.1 cm³/mol. The number of hydrogen-bond acceptors (Lipinski definition) is 3. The second-order valence-electron chi connectivity index (χ2n) is 5.95. The third-order valence-electron chi connectivity index (χ3n) is 4.35. The van der Waals surface area contributed by atoms with Gasteiger partial charge in [0.1, 0.15) is 0 Å². The van der Waals surface area contributed by atoms with Crippen molar-refractivity contribution in [1.29, 1.82) is 0 Å². The average Bonchev–Trinajstić information content (AvgIpc) is 3.04. The van der Waals surface area contributed by atoms with Gasteiger partial charge in [0, 0.05) is 12.5 Å². The van der Waals surface area contributed by atoms with Crippen LogP contribution in [-0.2, 0) is 14.3 Å². The van der Waals surface area contributed by atoms with E-state index in [0.717, 1.165) is 6.42 Å². The molecule has 1 saturated heterocycles. The molecule has 1 aliphatic heterocycles. The molecular weight excluding hydrogens is 303 g/mol. The minimum absolute atomic E-state index is 0.0537. The molecule has 0 bridgehead atoms. The molecule has 126 valence electrons. The molecule has 2 N–H and O–H groups in total. The number of alkyl halides is 3. The van der Waals surface area contributed by atoms with Crippen LogP contribution in [0, 0.1) is 5.92 Å². The van der Waals surface area contributed by atoms with Gasteiger partial charge >= 0.3 is 12.1 Å². The molecule has 8 heteroatoms. The van der Waals surface area contributed by atoms with E-state index in [9.17, 15) is 22.8 Å². The first-order valence-electron chi connectivity index (χ1n) is 7.51. The first kappa shape index (κ1) is 17.1. The van der Waals surface area contributed by atoms with Gasteiger partial charge in [-0.3, -0.25) is 9.59 Å². The highest BCUT2D eigenvalue weighted by atomic mass is 19.4. The number of carboxylic acid groups (broad SMARTS) is 1. The molecule has 2 rings (SSSR count). The molecule has 0 aromatic heterocycles. The number of carbonyl (C=O) groups is 2. The molecule has 0 radical (unpaired) electrons. The number of carboxylic acids is 1. The summed E-state index contributed by atoms with van der Waals surface area (Å²) in [5.74, 6) is -1.81. The molecule has 5 nitrogen and oxygen atoms in total. The van der Waals surface area contributed by atoms with Gasteiger partial charge in [-0.15, -0.1) is 0 Å². The van der Waals surface area contributed by atoms with Crippen molar-refractivity contribution < 1.29 is 32.6 Å². The summed E-state index contributed by atoms with van der Waals surface area (Å²) in [7, 11) is 0. The van der Waals surface area contributed by atoms with E-state index in [1.165, 1.54) is 0 Å². The van der Waals surface area contributed by atoms with Crippen LogP contribution < -0.4 is 5.32 Å². The Hall–Kier alpha value is -1.31. The number of hydrogen-bond donors (Lipinski definition) is 2. The highest BCUT2D eigenvalue weighted by Crippen LogP contribution is 2.34. The van der Waals surface area contributed by atoms with Crippen LogP contribution in [-0.4, -0.2) is 41.4 Å². The number of nitrogens with one attached hydrogen (secondary N) is 1. The normalized spacial score (nSPS) is 32.1. The van der Waals surface area contributed by atoms with Crippen LogP contribution in [0.1, 0.15) is 44.9 Å². The maximum Gasteiger partial charge on any atom is 0.414 e. The van der Waals surface area contributed by atoms with Crippen molar-refractivity contribution in [2.24, 2.45) is 5.92 Å². The Balaban J connectivity index is 1.71. The fourth-order valence-electron chi connectivity index (χ4n) is 3.16. The summed E-state index contributed by atoms with van der Waals surface area (Å²) < 4.78 is 42.3. The number of ether oxygens (including phenoxy) is 1. The largest absolute Gasteiger partial charge is 0.481 e. The van der Waals surface area contributed by atoms with Gasteiger partial charge in [-0.2, -0.15) is 13.2 Å². The van der Waals surface area contributed by atoms with E-state index in [1.807, 2.05) is 0 Å². The minimum Gasteiger partial charge on any atom is -0.481 e. The number of amides is 1. The van der Waals surface area contributed by atoms with Crippen molar-refractivity contribution in [3.8, 4) is 0 Å². The second kappa shape index (κ2) is 6.85. The SMILES string of the molecule is O=C(CC[C@@H]1CC[C@H](C(F)(F)F)O1)N[C@H]1CCC[C@H]1C(=O)O. The maximum atomic E-state index is 12.5. The Morgan fingerprint density at radius 2 is 1.91 bits per heavy atom. The molecule has 2 aliphatic rings. The second-order valence-corrected chi connectivity index (χ2v) is 5.95. The summed E-state index contributed by atoms with van der Waals surface area (Å²) >= 11 is 0. The van der Waals surface area contributed by atoms with Crippen LogP contribution in [0.25, 0.3) is 0 Å². The standard InChI is InChI=1S/C14H20F3NO4/c15-14(16,17)11-6-4-8(22-11)5-7-12(19)18-10-3-1-2-9(10)13(20)21/h8-11H,1-7H2,(H,18,19)(H,20,21)/t8-,9+,10-,11+/m0/s1. The van der Waals surface area contributed by atoms with E-state index in [0.29, 0.717) is 19.3 Å². The van der Waals surface area contributed by atoms with E-state index < -0.39 is 30.3 Å². The highest BCUT2D eigenvalue weighted by Gasteiger charge is 2.45. The molecule has 1 saturated carbocycles. The van der Waals surface area contributed by atoms with E-state index >= 15 is 0 Å². The molecule has 1 amide bonds. The zero-order valence-corrected chi connectivity index (χ0v) is 12.1. The van der Waals surface area contributed by atoms with E-state index in [2.05, 4.69) is 5.32 Å². The summed E-state index contributed by atoms with van der Waals surface area (Å²) in [4.78, 5) is 22.8. The van der Waals surface area contributed by atoms with Crippen molar-refractivity contribution in [2.75, 3.05) is 0 Å². The summed E-state index contributed by atoms with van der Waals surface area (Å²) in [5.41, 5.74) is 0. The molecule has 1 aliphatic carbocycles. The van der Waals surface area contributed by atoms with Gasteiger partial charge in [0.2, 0.25) is 5.91 Å². The van der Waals surface area contributed by atoms with Gasteiger partial charge in [-0.05, 0) is 32.1 Å². The number of halogens is 3. The number of aliphatic carboxylic acids is 1. The minimum atomic E-state index is -4.35. The molecule has 1 heterocycles. The monoisotopic (exact) mass is 323 g/mol. The Morgan fingerprint density at radius 1 is 1.18 bits per heavy atom. The Labute approximate surface area is 126 Å². The molecule has 4 atom stereocenters. The van der Waals surface area contributed by atoms with Crippen LogP contribution in [0.5, 0.6) is 0 Å². The lowest BCUT2D eigenvalue weighted by atomic mass is 10.0. The zero-order valence-electron chi connectivity index (χ0n) is 12.1. The molecule has 0 spiro atoms. The molecule has 0 aromatic carbocycles. The molecule has 22 heavy (non-hydrogen) atoms. The molecule has 0 aromatic rings. The van der Waals surface area contributed by atoms with Gasteiger partial charge in [-0.1, -0.05) is 6.42 Å². The summed E-state index contributed by atoms with van der Waals surface area (Å²) in [6, 6.07) is -0.377. The molecule has 0 unspecified atom stereocenters. The first-order valence-corrected chi connectivity index (χ1v) is 7.51. The summed E-state index contributed by atoms with van der Waals surface area (Å²) in [6.45, 7) is 0. The number of carbonyl (C=O) groups excluding carboxylic acids is 1. The Kier molecular flexibility index (Phi) is 5.31. The Bertz CT molecular complexity index is 427. The van der Waals surface area contributed by atoms with Crippen LogP contribution in [0.4, 0.5) is 13.2 Å². The lowest BCUT2D eigenvalue weighted by molar-refractivity contribution is -0.215. The third-order valence-corrected chi connectivity index (χ3v) is 4.35. The average molecular weight is 323 g/mol. The van der Waals surface area contributed by atoms with Gasteiger partial charge in [0.25, 0.3) is 0 Å². The quantitative estimate of drug-likeness (QED) is 0.814. The van der Waals surface area contributed by atoms with Crippen molar-refractivity contribution >= 4 is 11.9 Å². The first-order chi connectivity index (χ1) is 10.3. The van der Waals surface area contributed by atoms with Crippen LogP contribution in [0.2, 0.25) is 0 Å². The zero-order chi connectivity index (χ0) is 16.3. The van der Waals surface area contributed by atoms with E-state index in [-0.39, 0.29) is 31.2 Å². The third kappa shape index (κ3) is 4.34. The van der Waals surface area contributed by atoms with Crippen molar-refractivity contribution in [1.82, 2.24) is 5.32 Å². The molecular formula is C14H20F3NO4. The summed E-state index contributed by atoms with van der Waals surface area (Å²) in [6.07, 6.45) is -4.23. The topological polar surface area (TPSA) is 75.6 Å². The maximum absolute atomic E-state index is 12.5. The van der Waals surface area contributed by atoms with E-state index in [4.69, 9.17) is 9.84 Å². The molecule has 2 fully saturated rings. The van der Waals surface area contributed by atoms with Gasteiger partial charge in [0.15, 0.2) is 6.10 Å². The van der Waals surface area contributed by atoms with E-state index in [1.54, 1.807) is 0 Å². The van der Waals surface area contributed by atoms with Crippen molar-refractivity contribution in [3.63, 3.8) is 0 Å². The highest BCUT2D eigenvalue weighted by molar-refractivity contribution is 5.78.